The lowest BCUT2D eigenvalue weighted by molar-refractivity contribution is -0.149. The molecule has 3 N–H and O–H groups in total. The molecule has 0 aliphatic carbocycles. The van der Waals surface area contributed by atoms with Gasteiger partial charge in [-0.1, -0.05) is 0 Å². The zero-order chi connectivity index (χ0) is 29.4. The molecule has 3 aromatic rings. The fourth-order valence-corrected chi connectivity index (χ4v) is 5.68. The van der Waals surface area contributed by atoms with Crippen molar-refractivity contribution in [3.8, 4) is 5.75 Å². The summed E-state index contributed by atoms with van der Waals surface area (Å²) in [5, 5.41) is 18.0. The van der Waals surface area contributed by atoms with Crippen LogP contribution in [0.25, 0.3) is 10.9 Å². The third-order valence-corrected chi connectivity index (χ3v) is 7.87. The van der Waals surface area contributed by atoms with Crippen LogP contribution in [0.4, 0.5) is 4.39 Å². The molecule has 1 aromatic carbocycles. The Morgan fingerprint density at radius 2 is 2.05 bits per heavy atom. The molecule has 0 saturated carbocycles. The number of ether oxygens (including phenoxy) is 2. The minimum Gasteiger partial charge on any atom is -0.462 e. The molecule has 0 radical (unpaired) electrons. The van der Waals surface area contributed by atoms with Gasteiger partial charge in [0.05, 0.1) is 24.4 Å². The van der Waals surface area contributed by atoms with Gasteiger partial charge in [-0.2, -0.15) is 10.2 Å². The molecule has 14 nitrogen and oxygen atoms in total. The van der Waals surface area contributed by atoms with Crippen LogP contribution < -0.4 is 20.9 Å². The Bertz CT molecular complexity index is 1550. The number of rotatable bonds is 10. The van der Waals surface area contributed by atoms with Gasteiger partial charge in [0.25, 0.3) is 5.56 Å². The summed E-state index contributed by atoms with van der Waals surface area (Å²) in [5.41, 5.74) is -3.38. The Morgan fingerprint density at radius 1 is 1.32 bits per heavy atom. The van der Waals surface area contributed by atoms with Crippen LogP contribution in [-0.4, -0.2) is 67.0 Å². The minimum atomic E-state index is -4.40. The molecule has 0 amide bonds. The Hall–Kier alpha value is -3.36. The van der Waals surface area contributed by atoms with Gasteiger partial charge in [-0.15, -0.1) is 0 Å². The smallest absolute Gasteiger partial charge is 0.459 e. The van der Waals surface area contributed by atoms with Gasteiger partial charge < -0.3 is 19.1 Å². The van der Waals surface area contributed by atoms with E-state index in [0.717, 1.165) is 29.3 Å². The van der Waals surface area contributed by atoms with E-state index in [9.17, 15) is 24.1 Å². The molecule has 1 unspecified atom stereocenters. The van der Waals surface area contributed by atoms with E-state index in [2.05, 4.69) is 10.2 Å². The number of aliphatic hydroxyl groups excluding tert-OH is 1. The Labute approximate surface area is 227 Å². The van der Waals surface area contributed by atoms with E-state index in [-0.39, 0.29) is 5.75 Å². The number of aromatic nitrogens is 4. The number of hydrogen-bond acceptors (Lipinski definition) is 10. The van der Waals surface area contributed by atoms with Crippen molar-refractivity contribution in [2.75, 3.05) is 6.61 Å². The zero-order valence-electron chi connectivity index (χ0n) is 22.4. The average Bonchev–Trinajstić information content (AvgIpc) is 3.33. The quantitative estimate of drug-likeness (QED) is 0.233. The summed E-state index contributed by atoms with van der Waals surface area (Å²) in [6, 6.07) is 4.62. The molecular weight excluding hydrogens is 552 g/mol. The second-order valence-electron chi connectivity index (χ2n) is 9.85. The van der Waals surface area contributed by atoms with Crippen LogP contribution in [0, 0.1) is 0 Å². The predicted octanol–water partition coefficient (Wildman–Crippen LogP) is 1.54. The van der Waals surface area contributed by atoms with E-state index in [1.54, 1.807) is 43.9 Å². The van der Waals surface area contributed by atoms with Gasteiger partial charge in [0.15, 0.2) is 11.9 Å². The fraction of sp³-hybridized carbons (Fsp3) is 0.500. The number of benzene rings is 1. The molecule has 1 fully saturated rings. The molecule has 40 heavy (non-hydrogen) atoms. The third-order valence-electron chi connectivity index (χ3n) is 6.23. The molecule has 1 saturated heterocycles. The molecule has 1 aliphatic rings. The largest absolute Gasteiger partial charge is 0.462 e. The highest BCUT2D eigenvalue weighted by molar-refractivity contribution is 7.52. The summed E-state index contributed by atoms with van der Waals surface area (Å²) in [4.78, 5) is 38.1. The summed E-state index contributed by atoms with van der Waals surface area (Å²) in [7, 11) is -2.65. The molecule has 0 bridgehead atoms. The monoisotopic (exact) mass is 583 g/mol. The highest BCUT2D eigenvalue weighted by atomic mass is 31.2. The van der Waals surface area contributed by atoms with Crippen LogP contribution in [0.15, 0.2) is 46.2 Å². The second kappa shape index (κ2) is 11.3. The van der Waals surface area contributed by atoms with Gasteiger partial charge in [0, 0.05) is 24.7 Å². The summed E-state index contributed by atoms with van der Waals surface area (Å²) >= 11 is 0. The highest BCUT2D eigenvalue weighted by Crippen LogP contribution is 2.48. The van der Waals surface area contributed by atoms with Crippen molar-refractivity contribution in [1.29, 1.82) is 0 Å². The lowest BCUT2D eigenvalue weighted by Gasteiger charge is -2.25. The first-order valence-corrected chi connectivity index (χ1v) is 13.9. The summed E-state index contributed by atoms with van der Waals surface area (Å²) in [6.45, 7) is 5.04. The van der Waals surface area contributed by atoms with Gasteiger partial charge in [-0.25, -0.2) is 13.8 Å². The second-order valence-corrected chi connectivity index (χ2v) is 11.5. The van der Waals surface area contributed by atoms with Crippen LogP contribution in [-0.2, 0) is 30.4 Å². The van der Waals surface area contributed by atoms with E-state index in [1.807, 2.05) is 4.98 Å². The van der Waals surface area contributed by atoms with Crippen molar-refractivity contribution in [2.45, 2.75) is 63.9 Å². The van der Waals surface area contributed by atoms with E-state index in [4.69, 9.17) is 18.5 Å². The number of halogens is 1. The van der Waals surface area contributed by atoms with Crippen molar-refractivity contribution < 1.29 is 37.4 Å². The SMILES string of the molecule is CC(C)OC(=O)[C@H](C)NP(=O)(OC[C@H]1O[C@@H](n2ccc(=O)[nH]c2=O)[C@](C)(F)[C@@H]1O)Oc1ccc2c(cnn2C)c1. The molecule has 3 heterocycles. The van der Waals surface area contributed by atoms with E-state index < -0.39 is 67.8 Å². The van der Waals surface area contributed by atoms with E-state index >= 15 is 4.39 Å². The number of esters is 1. The van der Waals surface area contributed by atoms with Gasteiger partial charge in [-0.3, -0.25) is 28.3 Å². The van der Waals surface area contributed by atoms with Crippen LogP contribution in [0.3, 0.4) is 0 Å². The summed E-state index contributed by atoms with van der Waals surface area (Å²) < 4.78 is 53.9. The van der Waals surface area contributed by atoms with Crippen LogP contribution in [0.1, 0.15) is 33.9 Å². The lowest BCUT2D eigenvalue weighted by Crippen LogP contribution is -2.43. The first kappa shape index (κ1) is 29.6. The number of nitrogens with one attached hydrogen (secondary N) is 2. The molecule has 4 rings (SSSR count). The predicted molar refractivity (Wildman–Crippen MR) is 139 cm³/mol. The van der Waals surface area contributed by atoms with E-state index in [0.29, 0.717) is 5.39 Å². The number of H-pyrrole nitrogens is 1. The first-order chi connectivity index (χ1) is 18.7. The van der Waals surface area contributed by atoms with Crippen molar-refractivity contribution in [2.24, 2.45) is 7.05 Å². The van der Waals surface area contributed by atoms with Crippen molar-refractivity contribution in [3.63, 3.8) is 0 Å². The standard InChI is InChI=1S/C24H31FN5O9P/c1-13(2)37-21(33)14(3)28-40(35,39-16-6-7-17-15(10-16)11-26-29(17)5)36-12-18-20(32)24(4,25)22(38-18)30-9-8-19(31)27-23(30)34/h6-11,13-14,18,20,22,32H,12H2,1-5H3,(H,28,35)(H,27,31,34)/t14-,18+,20+,22+,24+,40?/m0/s1. The van der Waals surface area contributed by atoms with Gasteiger partial charge in [0.2, 0.25) is 0 Å². The van der Waals surface area contributed by atoms with Crippen molar-refractivity contribution in [1.82, 2.24) is 24.4 Å². The Kier molecular flexibility index (Phi) is 8.33. The Morgan fingerprint density at radius 3 is 2.73 bits per heavy atom. The maximum absolute atomic E-state index is 15.6. The number of hydrogen-bond donors (Lipinski definition) is 3. The van der Waals surface area contributed by atoms with Crippen LogP contribution >= 0.6 is 7.75 Å². The van der Waals surface area contributed by atoms with Crippen molar-refractivity contribution >= 4 is 24.6 Å². The van der Waals surface area contributed by atoms with Crippen LogP contribution in [0.5, 0.6) is 5.75 Å². The number of aromatic amines is 1. The zero-order valence-corrected chi connectivity index (χ0v) is 23.3. The number of nitrogens with zero attached hydrogens (tertiary/aromatic N) is 3. The Balaban J connectivity index is 1.57. The normalized spacial score (nSPS) is 25.1. The first-order valence-electron chi connectivity index (χ1n) is 12.4. The number of aliphatic hydroxyl groups is 1. The molecule has 0 spiro atoms. The molecular formula is C24H31FN5O9P. The van der Waals surface area contributed by atoms with Crippen molar-refractivity contribution in [3.05, 3.63) is 57.5 Å². The molecule has 2 aromatic heterocycles. The maximum atomic E-state index is 15.6. The van der Waals surface area contributed by atoms with Gasteiger partial charge >= 0.3 is 19.4 Å². The van der Waals surface area contributed by atoms with Crippen LogP contribution in [0.2, 0.25) is 0 Å². The average molecular weight is 584 g/mol. The summed E-state index contributed by atoms with van der Waals surface area (Å²) in [6.07, 6.45) is -2.72. The van der Waals surface area contributed by atoms with Gasteiger partial charge in [-0.05, 0) is 45.9 Å². The lowest BCUT2D eigenvalue weighted by atomic mass is 9.98. The number of carbonyl (C=O) groups is 1. The van der Waals surface area contributed by atoms with Gasteiger partial charge in [0.1, 0.15) is 24.0 Å². The fourth-order valence-electron chi connectivity index (χ4n) is 4.19. The highest BCUT2D eigenvalue weighted by Gasteiger charge is 2.56. The van der Waals surface area contributed by atoms with E-state index in [1.165, 1.54) is 13.0 Å². The third kappa shape index (κ3) is 6.18. The number of alkyl halides is 1. The number of carbonyl (C=O) groups excluding carboxylic acids is 1. The molecule has 1 aliphatic heterocycles. The number of aryl methyl sites for hydroxylation is 1. The molecule has 218 valence electrons. The maximum Gasteiger partial charge on any atom is 0.459 e. The number of fused-ring (bicyclic) bond motifs is 1. The topological polar surface area (TPSA) is 176 Å². The molecule has 16 heteroatoms. The summed E-state index contributed by atoms with van der Waals surface area (Å²) in [5.74, 6) is -0.613. The minimum absolute atomic E-state index is 0.113. The molecule has 6 atom stereocenters.